The van der Waals surface area contributed by atoms with Crippen molar-refractivity contribution >= 4 is 17.2 Å². The second kappa shape index (κ2) is 5.47. The second-order valence-electron chi connectivity index (χ2n) is 6.03. The van der Waals surface area contributed by atoms with Gasteiger partial charge >= 0.3 is 0 Å². The number of hydrogen-bond donors (Lipinski definition) is 2. The van der Waals surface area contributed by atoms with Gasteiger partial charge in [-0.1, -0.05) is 13.8 Å². The van der Waals surface area contributed by atoms with Crippen LogP contribution in [0.3, 0.4) is 0 Å². The van der Waals surface area contributed by atoms with Crippen molar-refractivity contribution in [2.24, 2.45) is 5.41 Å². The van der Waals surface area contributed by atoms with Gasteiger partial charge in [0.15, 0.2) is 0 Å². The van der Waals surface area contributed by atoms with Crippen LogP contribution in [-0.2, 0) is 4.74 Å². The average molecular weight is 297 g/mol. The molecule has 0 unspecified atom stereocenters. The van der Waals surface area contributed by atoms with Gasteiger partial charge < -0.3 is 15.2 Å². The average Bonchev–Trinajstić information content (AvgIpc) is 2.83. The third-order valence-corrected chi connectivity index (χ3v) is 5.52. The number of amides is 1. The monoisotopic (exact) mass is 297 g/mol. The zero-order chi connectivity index (χ0) is 15.0. The maximum absolute atomic E-state index is 12.4. The molecule has 2 N–H and O–H groups in total. The molecule has 1 saturated carbocycles. The molecule has 1 fully saturated rings. The molecule has 1 aliphatic rings. The molecule has 2 rings (SSSR count). The first-order chi connectivity index (χ1) is 9.38. The van der Waals surface area contributed by atoms with Gasteiger partial charge in [-0.25, -0.2) is 0 Å². The quantitative estimate of drug-likeness (QED) is 0.877. The van der Waals surface area contributed by atoms with E-state index in [1.54, 1.807) is 0 Å². The van der Waals surface area contributed by atoms with Crippen LogP contribution in [0.5, 0.6) is 0 Å². The number of thiophene rings is 1. The third kappa shape index (κ3) is 2.28. The first-order valence-corrected chi connectivity index (χ1v) is 7.90. The summed E-state index contributed by atoms with van der Waals surface area (Å²) in [6.45, 7) is 8.53. The number of ether oxygens (including phenoxy) is 1. The molecule has 0 aliphatic heterocycles. The molecule has 2 atom stereocenters. The van der Waals surface area contributed by atoms with E-state index < -0.39 is 5.54 Å². The number of aryl methyl sites for hydroxylation is 1. The number of nitrogens with one attached hydrogen (secondary N) is 1. The van der Waals surface area contributed by atoms with Crippen LogP contribution in [0.25, 0.3) is 0 Å². The zero-order valence-corrected chi connectivity index (χ0v) is 13.3. The smallest absolute Gasteiger partial charge is 0.252 e. The minimum atomic E-state index is -0.599. The van der Waals surface area contributed by atoms with Crippen molar-refractivity contribution in [3.8, 4) is 0 Å². The van der Waals surface area contributed by atoms with Gasteiger partial charge in [-0.05, 0) is 24.8 Å². The summed E-state index contributed by atoms with van der Waals surface area (Å²) in [5.41, 5.74) is 0.785. The molecule has 1 amide bonds. The van der Waals surface area contributed by atoms with Crippen molar-refractivity contribution in [2.45, 2.75) is 45.8 Å². The molecular weight excluding hydrogens is 274 g/mol. The first kappa shape index (κ1) is 15.5. The molecule has 0 radical (unpaired) electrons. The number of aliphatic hydroxyl groups is 1. The Bertz CT molecular complexity index is 497. The maximum Gasteiger partial charge on any atom is 0.252 e. The maximum atomic E-state index is 12.4. The molecule has 1 heterocycles. The van der Waals surface area contributed by atoms with Gasteiger partial charge in [0.2, 0.25) is 0 Å². The van der Waals surface area contributed by atoms with Crippen molar-refractivity contribution in [1.82, 2.24) is 5.32 Å². The topological polar surface area (TPSA) is 58.6 Å². The van der Waals surface area contributed by atoms with E-state index in [9.17, 15) is 9.90 Å². The van der Waals surface area contributed by atoms with Crippen LogP contribution in [-0.4, -0.2) is 35.9 Å². The van der Waals surface area contributed by atoms with Gasteiger partial charge in [0, 0.05) is 23.8 Å². The Morgan fingerprint density at radius 2 is 2.25 bits per heavy atom. The van der Waals surface area contributed by atoms with E-state index in [0.29, 0.717) is 18.6 Å². The van der Waals surface area contributed by atoms with E-state index in [1.165, 1.54) is 11.3 Å². The lowest BCUT2D eigenvalue weighted by molar-refractivity contribution is -0.172. The molecule has 1 aromatic heterocycles. The number of aliphatic hydroxyl groups excluding tert-OH is 1. The van der Waals surface area contributed by atoms with Crippen molar-refractivity contribution in [3.05, 3.63) is 21.9 Å². The number of carbonyl (C=O) groups excluding carboxylic acids is 1. The first-order valence-electron chi connectivity index (χ1n) is 6.95. The summed E-state index contributed by atoms with van der Waals surface area (Å²) < 4.78 is 5.69. The fourth-order valence-corrected chi connectivity index (χ4v) is 3.71. The third-order valence-electron chi connectivity index (χ3n) is 4.66. The van der Waals surface area contributed by atoms with Crippen LogP contribution in [0.2, 0.25) is 0 Å². The summed E-state index contributed by atoms with van der Waals surface area (Å²) in [4.78, 5) is 12.4. The van der Waals surface area contributed by atoms with E-state index in [2.05, 4.69) is 5.32 Å². The van der Waals surface area contributed by atoms with E-state index in [0.717, 1.165) is 5.56 Å². The highest BCUT2D eigenvalue weighted by Gasteiger charge is 2.61. The van der Waals surface area contributed by atoms with E-state index in [1.807, 2.05) is 38.5 Å². The number of hydrogen-bond acceptors (Lipinski definition) is 4. The minimum Gasteiger partial charge on any atom is -0.394 e. The van der Waals surface area contributed by atoms with E-state index >= 15 is 0 Å². The SMILES string of the molecule is CCO[C@H]1C[C@@](CO)(NC(=O)c2cscc2C)C1(C)C. The van der Waals surface area contributed by atoms with Crippen LogP contribution < -0.4 is 5.32 Å². The van der Waals surface area contributed by atoms with Gasteiger partial charge in [0.05, 0.1) is 23.8 Å². The van der Waals surface area contributed by atoms with Crippen molar-refractivity contribution in [1.29, 1.82) is 0 Å². The molecule has 4 nitrogen and oxygen atoms in total. The van der Waals surface area contributed by atoms with Crippen molar-refractivity contribution < 1.29 is 14.6 Å². The molecule has 0 aromatic carbocycles. The van der Waals surface area contributed by atoms with Crippen molar-refractivity contribution in [3.63, 3.8) is 0 Å². The van der Waals surface area contributed by atoms with E-state index in [4.69, 9.17) is 4.74 Å². The van der Waals surface area contributed by atoms with Gasteiger partial charge in [0.25, 0.3) is 5.91 Å². The summed E-state index contributed by atoms with van der Waals surface area (Å²) in [5.74, 6) is -0.110. The lowest BCUT2D eigenvalue weighted by atomic mass is 9.54. The molecule has 20 heavy (non-hydrogen) atoms. The zero-order valence-electron chi connectivity index (χ0n) is 12.5. The number of carbonyl (C=O) groups is 1. The molecule has 5 heteroatoms. The largest absolute Gasteiger partial charge is 0.394 e. The highest BCUT2D eigenvalue weighted by Crippen LogP contribution is 2.51. The summed E-state index contributed by atoms with van der Waals surface area (Å²) in [6.07, 6.45) is 0.725. The van der Waals surface area contributed by atoms with Crippen LogP contribution >= 0.6 is 11.3 Å². The standard InChI is InChI=1S/C15H23NO3S/c1-5-19-12-6-15(9-17,14(12,3)4)16-13(18)11-8-20-7-10(11)2/h7-8,12,17H,5-6,9H2,1-4H3,(H,16,18)/t12-,15-/m0/s1. The summed E-state index contributed by atoms with van der Waals surface area (Å²) in [7, 11) is 0. The highest BCUT2D eigenvalue weighted by molar-refractivity contribution is 7.08. The molecule has 0 spiro atoms. The highest BCUT2D eigenvalue weighted by atomic mass is 32.1. The van der Waals surface area contributed by atoms with E-state index in [-0.39, 0.29) is 24.0 Å². The second-order valence-corrected chi connectivity index (χ2v) is 6.78. The fraction of sp³-hybridized carbons (Fsp3) is 0.667. The summed E-state index contributed by atoms with van der Waals surface area (Å²) in [6, 6.07) is 0. The Labute approximate surface area is 124 Å². The predicted octanol–water partition coefficient (Wildman–Crippen LogP) is 2.35. The predicted molar refractivity (Wildman–Crippen MR) is 80.2 cm³/mol. The Balaban J connectivity index is 2.14. The Kier molecular flexibility index (Phi) is 4.23. The Morgan fingerprint density at radius 1 is 1.55 bits per heavy atom. The van der Waals surface area contributed by atoms with Gasteiger partial charge in [-0.15, -0.1) is 0 Å². The van der Waals surface area contributed by atoms with Crippen molar-refractivity contribution in [2.75, 3.05) is 13.2 Å². The Hall–Kier alpha value is -0.910. The molecule has 1 aliphatic carbocycles. The van der Waals surface area contributed by atoms with Gasteiger partial charge in [-0.3, -0.25) is 4.79 Å². The lowest BCUT2D eigenvalue weighted by Gasteiger charge is -2.60. The molecule has 1 aromatic rings. The van der Waals surface area contributed by atoms with Gasteiger partial charge in [0.1, 0.15) is 0 Å². The van der Waals surface area contributed by atoms with Crippen LogP contribution in [0.4, 0.5) is 0 Å². The lowest BCUT2D eigenvalue weighted by Crippen LogP contribution is -2.74. The molecule has 0 bridgehead atoms. The summed E-state index contributed by atoms with van der Waals surface area (Å²) >= 11 is 1.51. The molecular formula is C15H23NO3S. The van der Waals surface area contributed by atoms with Crippen LogP contribution in [0, 0.1) is 12.3 Å². The summed E-state index contributed by atoms with van der Waals surface area (Å²) in [5, 5.41) is 16.6. The normalized spacial score (nSPS) is 27.9. The van der Waals surface area contributed by atoms with Gasteiger partial charge in [-0.2, -0.15) is 11.3 Å². The minimum absolute atomic E-state index is 0.0709. The molecule has 0 saturated heterocycles. The fourth-order valence-electron chi connectivity index (χ4n) is 2.88. The molecule has 112 valence electrons. The number of rotatable bonds is 5. The Morgan fingerprint density at radius 3 is 2.70 bits per heavy atom. The van der Waals surface area contributed by atoms with Crippen LogP contribution in [0.1, 0.15) is 43.1 Å². The van der Waals surface area contributed by atoms with Crippen LogP contribution in [0.15, 0.2) is 10.8 Å².